The maximum absolute atomic E-state index is 11.6. The van der Waals surface area contributed by atoms with Crippen molar-refractivity contribution in [1.29, 1.82) is 0 Å². The van der Waals surface area contributed by atoms with Crippen LogP contribution in [-0.2, 0) is 4.74 Å². The summed E-state index contributed by atoms with van der Waals surface area (Å²) in [6, 6.07) is 6.01. The summed E-state index contributed by atoms with van der Waals surface area (Å²) in [5.74, 6) is 1.77. The molecule has 9 heteroatoms. The molecule has 0 bridgehead atoms. The van der Waals surface area contributed by atoms with Gasteiger partial charge in [0.05, 0.1) is 36.6 Å². The minimum atomic E-state index is -0.784. The van der Waals surface area contributed by atoms with Crippen LogP contribution in [0.15, 0.2) is 45.4 Å². The number of hydrogen-bond donors (Lipinski definition) is 2. The summed E-state index contributed by atoms with van der Waals surface area (Å²) < 4.78 is 5.28. The highest BCUT2D eigenvalue weighted by atomic mass is 32.2. The summed E-state index contributed by atoms with van der Waals surface area (Å²) in [6.45, 7) is 7.06. The molecule has 2 saturated heterocycles. The van der Waals surface area contributed by atoms with Gasteiger partial charge in [0.2, 0.25) is 0 Å². The fourth-order valence-corrected chi connectivity index (χ4v) is 6.83. The molecule has 5 heterocycles. The molecule has 33 heavy (non-hydrogen) atoms. The summed E-state index contributed by atoms with van der Waals surface area (Å²) >= 11 is 1.76. The first-order valence-corrected chi connectivity index (χ1v) is 12.5. The van der Waals surface area contributed by atoms with Gasteiger partial charge in [-0.05, 0) is 39.0 Å². The van der Waals surface area contributed by atoms with Crippen molar-refractivity contribution in [2.45, 2.75) is 36.2 Å². The van der Waals surface area contributed by atoms with Crippen LogP contribution in [0, 0.1) is 0 Å². The number of nitrogens with one attached hydrogen (secondary N) is 1. The third kappa shape index (κ3) is 3.53. The summed E-state index contributed by atoms with van der Waals surface area (Å²) in [7, 11) is 2.12. The first kappa shape index (κ1) is 21.3. The quantitative estimate of drug-likeness (QED) is 0.706. The van der Waals surface area contributed by atoms with Gasteiger partial charge in [-0.15, -0.1) is 11.8 Å². The Morgan fingerprint density at radius 3 is 2.76 bits per heavy atom. The van der Waals surface area contributed by atoms with Gasteiger partial charge in [0.25, 0.3) is 0 Å². The number of aromatic nitrogens is 2. The van der Waals surface area contributed by atoms with E-state index in [4.69, 9.17) is 14.7 Å². The molecule has 4 aliphatic heterocycles. The number of aliphatic hydroxyl groups is 1. The molecular formula is C24H30N6O2S. The van der Waals surface area contributed by atoms with E-state index >= 15 is 0 Å². The Morgan fingerprint density at radius 1 is 1.18 bits per heavy atom. The topological polar surface area (TPSA) is 89.3 Å². The predicted molar refractivity (Wildman–Crippen MR) is 132 cm³/mol. The van der Waals surface area contributed by atoms with E-state index < -0.39 is 5.60 Å². The zero-order chi connectivity index (χ0) is 22.6. The average molecular weight is 467 g/mol. The summed E-state index contributed by atoms with van der Waals surface area (Å²) in [5, 5.41) is 19.9. The normalized spacial score (nSPS) is 30.1. The number of thioether (sulfide) groups is 1. The number of amidine groups is 2. The Labute approximate surface area is 197 Å². The number of piperidine rings is 1. The molecule has 2 aromatic rings. The molecule has 2 N–H and O–H groups in total. The molecule has 1 aromatic heterocycles. The highest BCUT2D eigenvalue weighted by molar-refractivity contribution is 8.05. The van der Waals surface area contributed by atoms with Crippen molar-refractivity contribution < 1.29 is 9.84 Å². The van der Waals surface area contributed by atoms with Crippen molar-refractivity contribution in [3.05, 3.63) is 40.9 Å². The summed E-state index contributed by atoms with van der Waals surface area (Å²) in [6.07, 6.45) is 5.55. The fourth-order valence-electron chi connectivity index (χ4n) is 5.27. The van der Waals surface area contributed by atoms with Crippen molar-refractivity contribution in [3.8, 4) is 0 Å². The van der Waals surface area contributed by atoms with Crippen LogP contribution >= 0.6 is 11.8 Å². The number of aliphatic imine (C=N–C) groups is 2. The second-order valence-corrected chi connectivity index (χ2v) is 11.1. The molecule has 0 aliphatic carbocycles. The van der Waals surface area contributed by atoms with Crippen molar-refractivity contribution >= 4 is 34.3 Å². The van der Waals surface area contributed by atoms with Crippen LogP contribution in [0.3, 0.4) is 0 Å². The molecule has 0 amide bonds. The molecule has 6 rings (SSSR count). The minimum Gasteiger partial charge on any atom is -0.385 e. The SMILES string of the molecule is CN1CCC(O)(C2=CC3N=C(c4cccc5[nH]ncc45)N=C(N4CCOCC4)C3(C)S2)CC1. The van der Waals surface area contributed by atoms with Gasteiger partial charge in [-0.3, -0.25) is 10.1 Å². The van der Waals surface area contributed by atoms with Crippen LogP contribution in [0.5, 0.6) is 0 Å². The molecule has 8 nitrogen and oxygen atoms in total. The number of benzene rings is 1. The Morgan fingerprint density at radius 2 is 1.97 bits per heavy atom. The van der Waals surface area contributed by atoms with E-state index in [9.17, 15) is 5.11 Å². The van der Waals surface area contributed by atoms with Gasteiger partial charge in [-0.1, -0.05) is 12.1 Å². The van der Waals surface area contributed by atoms with E-state index in [-0.39, 0.29) is 10.8 Å². The van der Waals surface area contributed by atoms with Gasteiger partial charge in [-0.25, -0.2) is 4.99 Å². The predicted octanol–water partition coefficient (Wildman–Crippen LogP) is 2.27. The molecular weight excluding hydrogens is 436 g/mol. The zero-order valence-electron chi connectivity index (χ0n) is 19.1. The number of rotatable bonds is 2. The van der Waals surface area contributed by atoms with E-state index in [0.717, 1.165) is 72.1 Å². The first-order valence-electron chi connectivity index (χ1n) is 11.7. The maximum Gasteiger partial charge on any atom is 0.158 e. The number of aromatic amines is 1. The highest BCUT2D eigenvalue weighted by Gasteiger charge is 2.53. The van der Waals surface area contributed by atoms with Crippen LogP contribution in [0.2, 0.25) is 0 Å². The van der Waals surface area contributed by atoms with Crippen LogP contribution in [0.1, 0.15) is 25.3 Å². The molecule has 174 valence electrons. The molecule has 0 saturated carbocycles. The lowest BCUT2D eigenvalue weighted by Crippen LogP contribution is -2.55. The standard InChI is InChI=1S/C24H30N6O2S/c1-23-19(14-20(33-23)24(31)6-8-29(2)9-7-24)26-21(27-22(23)30-10-12-32-13-11-30)16-4-3-5-18-17(16)15-25-28-18/h3-5,14-15,19,31H,6-13H2,1-2H3,(H,25,28). The number of nitrogens with zero attached hydrogens (tertiary/aromatic N) is 5. The fraction of sp³-hybridized carbons (Fsp3) is 0.542. The Hall–Kier alpha value is -2.20. The summed E-state index contributed by atoms with van der Waals surface area (Å²) in [4.78, 5) is 16.0. The van der Waals surface area contributed by atoms with Gasteiger partial charge in [0, 0.05) is 42.0 Å². The van der Waals surface area contributed by atoms with Gasteiger partial charge in [0.15, 0.2) is 5.84 Å². The largest absolute Gasteiger partial charge is 0.385 e. The Kier molecular flexibility index (Phi) is 5.13. The second-order valence-electron chi connectivity index (χ2n) is 9.64. The second kappa shape index (κ2) is 7.94. The third-order valence-corrected chi connectivity index (χ3v) is 9.01. The van der Waals surface area contributed by atoms with E-state index in [0.29, 0.717) is 13.2 Å². The smallest absolute Gasteiger partial charge is 0.158 e. The van der Waals surface area contributed by atoms with E-state index in [1.807, 2.05) is 18.3 Å². The lowest BCUT2D eigenvalue weighted by molar-refractivity contribution is 0.0233. The summed E-state index contributed by atoms with van der Waals surface area (Å²) in [5.41, 5.74) is 1.18. The van der Waals surface area contributed by atoms with Crippen molar-refractivity contribution in [3.63, 3.8) is 0 Å². The van der Waals surface area contributed by atoms with Crippen LogP contribution < -0.4 is 0 Å². The molecule has 0 radical (unpaired) electrons. The highest BCUT2D eigenvalue weighted by Crippen LogP contribution is 2.52. The lowest BCUT2D eigenvalue weighted by Gasteiger charge is -2.42. The number of likely N-dealkylation sites (tertiary alicyclic amines) is 1. The molecule has 4 aliphatic rings. The minimum absolute atomic E-state index is 0.0892. The van der Waals surface area contributed by atoms with Crippen molar-refractivity contribution in [2.24, 2.45) is 9.98 Å². The van der Waals surface area contributed by atoms with E-state index in [2.05, 4.69) is 46.1 Å². The Balaban J connectivity index is 1.44. The molecule has 0 spiro atoms. The van der Waals surface area contributed by atoms with Gasteiger partial charge in [0.1, 0.15) is 10.6 Å². The molecule has 1 aromatic carbocycles. The van der Waals surface area contributed by atoms with Crippen LogP contribution in [0.25, 0.3) is 10.9 Å². The van der Waals surface area contributed by atoms with Gasteiger partial charge < -0.3 is 19.6 Å². The monoisotopic (exact) mass is 466 g/mol. The maximum atomic E-state index is 11.6. The number of ether oxygens (including phenoxy) is 1. The van der Waals surface area contributed by atoms with E-state index in [1.54, 1.807) is 11.8 Å². The number of fused-ring (bicyclic) bond motifs is 2. The first-order chi connectivity index (χ1) is 16.0. The third-order valence-electron chi connectivity index (χ3n) is 7.42. The Bertz CT molecular complexity index is 1160. The molecule has 2 unspecified atom stereocenters. The van der Waals surface area contributed by atoms with Crippen LogP contribution in [-0.4, -0.2) is 99.6 Å². The van der Waals surface area contributed by atoms with Crippen LogP contribution in [0.4, 0.5) is 0 Å². The lowest BCUT2D eigenvalue weighted by atomic mass is 9.89. The molecule has 2 fully saturated rings. The average Bonchev–Trinajstić information content (AvgIpc) is 3.45. The zero-order valence-corrected chi connectivity index (χ0v) is 19.9. The number of H-pyrrole nitrogens is 1. The van der Waals surface area contributed by atoms with Crippen molar-refractivity contribution in [2.75, 3.05) is 46.4 Å². The van der Waals surface area contributed by atoms with E-state index in [1.165, 1.54) is 0 Å². The number of hydrogen-bond acceptors (Lipinski definition) is 8. The molecule has 2 atom stereocenters. The van der Waals surface area contributed by atoms with Crippen molar-refractivity contribution in [1.82, 2.24) is 20.0 Å². The van der Waals surface area contributed by atoms with Gasteiger partial charge >= 0.3 is 0 Å². The van der Waals surface area contributed by atoms with Gasteiger partial charge in [-0.2, -0.15) is 5.10 Å². The number of morpholine rings is 1.